The van der Waals surface area contributed by atoms with Crippen LogP contribution in [0.4, 0.5) is 5.13 Å². The molecule has 0 spiro atoms. The number of aromatic nitrogens is 2. The average Bonchev–Trinajstić information content (AvgIpc) is 3.20. The van der Waals surface area contributed by atoms with Crippen molar-refractivity contribution in [1.29, 1.82) is 5.26 Å². The maximum Gasteiger partial charge on any atom is 0.219 e. The van der Waals surface area contributed by atoms with Gasteiger partial charge < -0.3 is 5.73 Å². The molecule has 1 unspecified atom stereocenters. The number of carbonyl (C=O) groups excluding carboxylic acids is 1. The zero-order chi connectivity index (χ0) is 23.0. The summed E-state index contributed by atoms with van der Waals surface area (Å²) >= 11 is 3.08. The zero-order valence-electron chi connectivity index (χ0n) is 18.8. The lowest BCUT2D eigenvalue weighted by atomic mass is 9.75. The van der Waals surface area contributed by atoms with Gasteiger partial charge in [0.25, 0.3) is 0 Å². The van der Waals surface area contributed by atoms with E-state index in [4.69, 9.17) is 5.73 Å². The third kappa shape index (κ3) is 4.07. The molecule has 1 aliphatic heterocycles. The molecular weight excluding hydrogens is 438 g/mol. The first-order valence-corrected chi connectivity index (χ1v) is 12.6. The fraction of sp³-hybridized carbons (Fsp3) is 0.417. The molecule has 1 aliphatic carbocycles. The SMILES string of the molecule is CC(C)Sc1nnc(N2C(N)=C(C#N)C(c3ccc(C(C)C)cc3)C3=C2CCCC3=O)s1. The van der Waals surface area contributed by atoms with Crippen LogP contribution < -0.4 is 10.6 Å². The summed E-state index contributed by atoms with van der Waals surface area (Å²) in [4.78, 5) is 15.0. The smallest absolute Gasteiger partial charge is 0.219 e. The van der Waals surface area contributed by atoms with Gasteiger partial charge in [-0.2, -0.15) is 5.26 Å². The van der Waals surface area contributed by atoms with Crippen molar-refractivity contribution in [2.45, 2.75) is 68.4 Å². The standard InChI is InChI=1S/C24H27N5OS2/c1-13(2)15-8-10-16(11-9-15)20-17(12-25)22(26)29(18-6-5-7-19(30)21(18)20)23-27-28-24(32-23)31-14(3)4/h8-11,13-14,20H,5-7,26H2,1-4H3. The summed E-state index contributed by atoms with van der Waals surface area (Å²) in [5.41, 5.74) is 10.7. The highest BCUT2D eigenvalue weighted by Crippen LogP contribution is 2.47. The highest BCUT2D eigenvalue weighted by atomic mass is 32.2. The molecule has 32 heavy (non-hydrogen) atoms. The number of nitriles is 1. The Morgan fingerprint density at radius 2 is 1.91 bits per heavy atom. The first-order chi connectivity index (χ1) is 15.3. The fourth-order valence-electron chi connectivity index (χ4n) is 4.25. The largest absolute Gasteiger partial charge is 0.384 e. The average molecular weight is 466 g/mol. The summed E-state index contributed by atoms with van der Waals surface area (Å²) in [6.07, 6.45) is 1.96. The van der Waals surface area contributed by atoms with E-state index in [9.17, 15) is 10.1 Å². The molecule has 0 bridgehead atoms. The van der Waals surface area contributed by atoms with E-state index in [1.165, 1.54) is 16.9 Å². The summed E-state index contributed by atoms with van der Waals surface area (Å²) in [6.45, 7) is 8.49. The molecule has 0 radical (unpaired) electrons. The second-order valence-corrected chi connectivity index (χ2v) is 11.4. The molecule has 166 valence electrons. The van der Waals surface area contributed by atoms with E-state index >= 15 is 0 Å². The van der Waals surface area contributed by atoms with Crippen molar-refractivity contribution in [2.75, 3.05) is 4.90 Å². The predicted molar refractivity (Wildman–Crippen MR) is 129 cm³/mol. The Hall–Kier alpha value is -2.63. The summed E-state index contributed by atoms with van der Waals surface area (Å²) in [7, 11) is 0. The van der Waals surface area contributed by atoms with E-state index in [0.717, 1.165) is 22.0 Å². The van der Waals surface area contributed by atoms with E-state index in [1.807, 2.05) is 12.1 Å². The molecule has 0 saturated heterocycles. The monoisotopic (exact) mass is 465 g/mol. The third-order valence-electron chi connectivity index (χ3n) is 5.77. The highest BCUT2D eigenvalue weighted by Gasteiger charge is 2.41. The second kappa shape index (κ2) is 9.08. The van der Waals surface area contributed by atoms with Gasteiger partial charge in [-0.05, 0) is 29.9 Å². The molecule has 1 aromatic carbocycles. The first kappa shape index (κ1) is 22.6. The van der Waals surface area contributed by atoms with Crippen molar-refractivity contribution in [3.63, 3.8) is 0 Å². The lowest BCUT2D eigenvalue weighted by molar-refractivity contribution is -0.116. The van der Waals surface area contributed by atoms with Gasteiger partial charge in [-0.3, -0.25) is 9.69 Å². The molecule has 2 aliphatic rings. The summed E-state index contributed by atoms with van der Waals surface area (Å²) in [5.74, 6) is 0.382. The minimum Gasteiger partial charge on any atom is -0.384 e. The number of anilines is 1. The van der Waals surface area contributed by atoms with Crippen LogP contribution in [0.25, 0.3) is 0 Å². The first-order valence-electron chi connectivity index (χ1n) is 10.9. The molecule has 1 atom stereocenters. The van der Waals surface area contributed by atoms with E-state index in [0.29, 0.717) is 46.1 Å². The Kier molecular flexibility index (Phi) is 6.40. The van der Waals surface area contributed by atoms with Crippen LogP contribution in [0.2, 0.25) is 0 Å². The van der Waals surface area contributed by atoms with Crippen LogP contribution in [0.3, 0.4) is 0 Å². The van der Waals surface area contributed by atoms with E-state index < -0.39 is 5.92 Å². The maximum atomic E-state index is 13.2. The Bertz CT molecular complexity index is 1140. The van der Waals surface area contributed by atoms with Crippen LogP contribution in [-0.2, 0) is 4.79 Å². The van der Waals surface area contributed by atoms with Crippen LogP contribution in [0.1, 0.15) is 69.9 Å². The number of benzene rings is 1. The van der Waals surface area contributed by atoms with Gasteiger partial charge in [-0.1, -0.05) is 75.1 Å². The zero-order valence-corrected chi connectivity index (χ0v) is 20.4. The minimum absolute atomic E-state index is 0.0794. The van der Waals surface area contributed by atoms with Crippen molar-refractivity contribution in [1.82, 2.24) is 10.2 Å². The fourth-order valence-corrected chi connectivity index (χ4v) is 6.36. The van der Waals surface area contributed by atoms with Crippen LogP contribution in [-0.4, -0.2) is 21.2 Å². The van der Waals surface area contributed by atoms with Crippen molar-refractivity contribution in [2.24, 2.45) is 5.73 Å². The number of thioether (sulfide) groups is 1. The Morgan fingerprint density at radius 3 is 2.53 bits per heavy atom. The molecule has 0 saturated carbocycles. The highest BCUT2D eigenvalue weighted by molar-refractivity contribution is 8.01. The van der Waals surface area contributed by atoms with E-state index in [1.54, 1.807) is 16.7 Å². The maximum absolute atomic E-state index is 13.2. The number of ketones is 1. The van der Waals surface area contributed by atoms with Crippen molar-refractivity contribution in [3.8, 4) is 6.07 Å². The molecule has 4 rings (SSSR count). The van der Waals surface area contributed by atoms with Gasteiger partial charge in [-0.15, -0.1) is 10.2 Å². The quantitative estimate of drug-likeness (QED) is 0.585. The third-order valence-corrected chi connectivity index (χ3v) is 7.77. The van der Waals surface area contributed by atoms with Gasteiger partial charge in [0.05, 0.1) is 17.6 Å². The van der Waals surface area contributed by atoms with Gasteiger partial charge in [0, 0.05) is 22.9 Å². The lowest BCUT2D eigenvalue weighted by Crippen LogP contribution is -2.38. The molecule has 0 amide bonds. The molecule has 0 fully saturated rings. The second-order valence-electron chi connectivity index (χ2n) is 8.65. The van der Waals surface area contributed by atoms with Crippen LogP contribution in [0.5, 0.6) is 0 Å². The van der Waals surface area contributed by atoms with Gasteiger partial charge in [0.2, 0.25) is 5.13 Å². The van der Waals surface area contributed by atoms with Gasteiger partial charge in [-0.25, -0.2) is 0 Å². The van der Waals surface area contributed by atoms with Crippen LogP contribution in [0.15, 0.2) is 51.3 Å². The Morgan fingerprint density at radius 1 is 1.19 bits per heavy atom. The Labute approximate surface area is 197 Å². The number of hydrogen-bond donors (Lipinski definition) is 1. The molecule has 1 aromatic heterocycles. The lowest BCUT2D eigenvalue weighted by Gasteiger charge is -2.38. The number of nitrogens with zero attached hydrogens (tertiary/aromatic N) is 4. The normalized spacial score (nSPS) is 19.1. The van der Waals surface area contributed by atoms with Gasteiger partial charge >= 0.3 is 0 Å². The summed E-state index contributed by atoms with van der Waals surface area (Å²) in [6, 6.07) is 10.5. The number of nitrogens with two attached hydrogens (primary N) is 1. The number of carbonyl (C=O) groups is 1. The topological polar surface area (TPSA) is 95.9 Å². The molecule has 2 heterocycles. The van der Waals surface area contributed by atoms with Crippen LogP contribution >= 0.6 is 23.1 Å². The number of rotatable bonds is 5. The van der Waals surface area contributed by atoms with Crippen molar-refractivity contribution >= 4 is 34.0 Å². The molecule has 2 aromatic rings. The summed E-state index contributed by atoms with van der Waals surface area (Å²) < 4.78 is 0.844. The number of hydrogen-bond acceptors (Lipinski definition) is 8. The van der Waals surface area contributed by atoms with Gasteiger partial charge in [0.1, 0.15) is 5.82 Å². The minimum atomic E-state index is -0.447. The number of Topliss-reactive ketones (excluding diaryl/α,β-unsaturated/α-hetero) is 1. The number of allylic oxidation sites excluding steroid dienone is 3. The van der Waals surface area contributed by atoms with Crippen LogP contribution in [0, 0.1) is 11.3 Å². The van der Waals surface area contributed by atoms with E-state index in [-0.39, 0.29) is 5.78 Å². The van der Waals surface area contributed by atoms with Crippen molar-refractivity contribution < 1.29 is 4.79 Å². The Balaban J connectivity index is 1.85. The van der Waals surface area contributed by atoms with Gasteiger partial charge in [0.15, 0.2) is 10.1 Å². The van der Waals surface area contributed by atoms with Crippen molar-refractivity contribution in [3.05, 3.63) is 58.1 Å². The predicted octanol–water partition coefficient (Wildman–Crippen LogP) is 5.47. The van der Waals surface area contributed by atoms with E-state index in [2.05, 4.69) is 56.1 Å². The molecule has 8 heteroatoms. The molecule has 6 nitrogen and oxygen atoms in total. The molecule has 2 N–H and O–H groups in total. The summed E-state index contributed by atoms with van der Waals surface area (Å²) in [5, 5.41) is 19.8. The molecular formula is C24H27N5OS2.